The van der Waals surface area contributed by atoms with Crippen molar-refractivity contribution < 1.29 is 18.7 Å². The summed E-state index contributed by atoms with van der Waals surface area (Å²) in [7, 11) is 1.54. The highest BCUT2D eigenvalue weighted by atomic mass is 16.5. The van der Waals surface area contributed by atoms with Crippen molar-refractivity contribution in [1.82, 2.24) is 9.88 Å². The van der Waals surface area contributed by atoms with Gasteiger partial charge in [-0.15, -0.1) is 0 Å². The number of nitrogens with zero attached hydrogens (tertiary/aromatic N) is 3. The smallest absolute Gasteiger partial charge is 0.361 e. The number of esters is 1. The lowest BCUT2D eigenvalue weighted by atomic mass is 10.2. The van der Waals surface area contributed by atoms with Gasteiger partial charge in [-0.3, -0.25) is 4.79 Å². The zero-order valence-corrected chi connectivity index (χ0v) is 13.5. The Morgan fingerprint density at radius 1 is 1.33 bits per heavy atom. The summed E-state index contributed by atoms with van der Waals surface area (Å²) >= 11 is 0. The highest BCUT2D eigenvalue weighted by Gasteiger charge is 2.21. The van der Waals surface area contributed by atoms with E-state index in [2.05, 4.69) is 4.98 Å². The third kappa shape index (κ3) is 4.20. The van der Waals surface area contributed by atoms with Gasteiger partial charge in [-0.25, -0.2) is 9.78 Å². The quantitative estimate of drug-likeness (QED) is 0.754. The van der Waals surface area contributed by atoms with Crippen molar-refractivity contribution in [2.75, 3.05) is 20.2 Å². The first-order valence-corrected chi connectivity index (χ1v) is 7.33. The van der Waals surface area contributed by atoms with E-state index in [9.17, 15) is 9.59 Å². The van der Waals surface area contributed by atoms with Crippen molar-refractivity contribution in [2.24, 2.45) is 0 Å². The molecule has 24 heavy (non-hydrogen) atoms. The van der Waals surface area contributed by atoms with E-state index in [1.165, 1.54) is 4.90 Å². The number of likely N-dealkylation sites (N-methyl/N-ethyl adjacent to an activating group) is 1. The molecule has 1 amide bonds. The van der Waals surface area contributed by atoms with Gasteiger partial charge in [0.25, 0.3) is 5.91 Å². The van der Waals surface area contributed by atoms with Crippen LogP contribution in [0.4, 0.5) is 0 Å². The van der Waals surface area contributed by atoms with Crippen LogP contribution in [-0.2, 0) is 9.53 Å². The fourth-order valence-electron chi connectivity index (χ4n) is 1.94. The first-order chi connectivity index (χ1) is 11.5. The number of oxazole rings is 1. The Kier molecular flexibility index (Phi) is 5.68. The number of nitriles is 1. The van der Waals surface area contributed by atoms with Crippen LogP contribution in [0.25, 0.3) is 11.5 Å². The molecule has 2 aromatic rings. The molecule has 7 heteroatoms. The van der Waals surface area contributed by atoms with E-state index in [0.29, 0.717) is 11.7 Å². The van der Waals surface area contributed by atoms with Crippen LogP contribution in [0.2, 0.25) is 0 Å². The van der Waals surface area contributed by atoms with Gasteiger partial charge in [-0.2, -0.15) is 5.26 Å². The maximum Gasteiger partial charge on any atom is 0.361 e. The molecular formula is C17H17N3O4. The van der Waals surface area contributed by atoms with Gasteiger partial charge in [0.1, 0.15) is 5.76 Å². The molecule has 1 heterocycles. The van der Waals surface area contributed by atoms with Gasteiger partial charge in [0.15, 0.2) is 12.3 Å². The van der Waals surface area contributed by atoms with Gasteiger partial charge in [0, 0.05) is 19.2 Å². The van der Waals surface area contributed by atoms with Crippen LogP contribution in [0.15, 0.2) is 34.7 Å². The van der Waals surface area contributed by atoms with E-state index in [-0.39, 0.29) is 24.6 Å². The summed E-state index contributed by atoms with van der Waals surface area (Å²) in [6, 6.07) is 11.1. The molecule has 0 aliphatic carbocycles. The third-order valence-corrected chi connectivity index (χ3v) is 3.32. The first-order valence-electron chi connectivity index (χ1n) is 7.33. The minimum atomic E-state index is -0.722. The van der Waals surface area contributed by atoms with Crippen molar-refractivity contribution in [3.63, 3.8) is 0 Å². The number of carbonyl (C=O) groups is 2. The average molecular weight is 327 g/mol. The summed E-state index contributed by atoms with van der Waals surface area (Å²) in [5.41, 5.74) is 0.785. The lowest BCUT2D eigenvalue weighted by Crippen LogP contribution is -2.32. The maximum absolute atomic E-state index is 12.1. The number of hydrogen-bond donors (Lipinski definition) is 0. The molecule has 0 bridgehead atoms. The van der Waals surface area contributed by atoms with Crippen LogP contribution in [0, 0.1) is 18.3 Å². The normalized spacial score (nSPS) is 10.0. The third-order valence-electron chi connectivity index (χ3n) is 3.32. The Bertz CT molecular complexity index is 762. The lowest BCUT2D eigenvalue weighted by Gasteiger charge is -2.14. The molecule has 7 nitrogen and oxygen atoms in total. The molecule has 0 atom stereocenters. The first kappa shape index (κ1) is 17.2. The second-order valence-electron chi connectivity index (χ2n) is 5.09. The highest BCUT2D eigenvalue weighted by molar-refractivity contribution is 5.90. The molecule has 0 spiro atoms. The van der Waals surface area contributed by atoms with Gasteiger partial charge in [-0.05, 0) is 19.1 Å². The van der Waals surface area contributed by atoms with Crippen LogP contribution >= 0.6 is 0 Å². The van der Waals surface area contributed by atoms with Crippen LogP contribution in [-0.4, -0.2) is 42.0 Å². The zero-order valence-electron chi connectivity index (χ0n) is 13.5. The summed E-state index contributed by atoms with van der Waals surface area (Å²) in [4.78, 5) is 29.4. The fourth-order valence-corrected chi connectivity index (χ4v) is 1.94. The number of benzene rings is 1. The number of hydrogen-bond acceptors (Lipinski definition) is 6. The van der Waals surface area contributed by atoms with E-state index in [1.54, 1.807) is 14.0 Å². The van der Waals surface area contributed by atoms with Gasteiger partial charge < -0.3 is 14.1 Å². The molecule has 0 aliphatic heterocycles. The molecule has 0 aliphatic rings. The number of carbonyl (C=O) groups excluding carboxylic acids is 2. The summed E-state index contributed by atoms with van der Waals surface area (Å²) in [6.07, 6.45) is 0.221. The maximum atomic E-state index is 12.1. The number of aromatic nitrogens is 1. The van der Waals surface area contributed by atoms with Crippen molar-refractivity contribution in [3.8, 4) is 17.5 Å². The molecule has 1 aromatic heterocycles. The lowest BCUT2D eigenvalue weighted by molar-refractivity contribution is -0.133. The Morgan fingerprint density at radius 2 is 2.04 bits per heavy atom. The zero-order chi connectivity index (χ0) is 17.5. The second kappa shape index (κ2) is 7.92. The molecule has 0 fully saturated rings. The predicted molar refractivity (Wildman–Crippen MR) is 84.8 cm³/mol. The molecule has 0 radical (unpaired) electrons. The van der Waals surface area contributed by atoms with Crippen molar-refractivity contribution in [1.29, 1.82) is 5.26 Å². The number of aryl methyl sites for hydroxylation is 1. The summed E-state index contributed by atoms with van der Waals surface area (Å²) in [6.45, 7) is 1.48. The summed E-state index contributed by atoms with van der Waals surface area (Å²) in [5, 5.41) is 8.50. The van der Waals surface area contributed by atoms with E-state index >= 15 is 0 Å². The molecule has 0 saturated heterocycles. The van der Waals surface area contributed by atoms with Crippen LogP contribution in [0.3, 0.4) is 0 Å². The number of ether oxygens (including phenoxy) is 1. The second-order valence-corrected chi connectivity index (χ2v) is 5.09. The van der Waals surface area contributed by atoms with E-state index < -0.39 is 12.6 Å². The van der Waals surface area contributed by atoms with Crippen LogP contribution < -0.4 is 0 Å². The van der Waals surface area contributed by atoms with Crippen LogP contribution in [0.1, 0.15) is 22.7 Å². The molecular weight excluding hydrogens is 310 g/mol. The largest absolute Gasteiger partial charge is 0.451 e. The number of rotatable bonds is 6. The topological polar surface area (TPSA) is 96.4 Å². The molecule has 0 unspecified atom stereocenters. The van der Waals surface area contributed by atoms with Gasteiger partial charge >= 0.3 is 5.97 Å². The average Bonchev–Trinajstić information content (AvgIpc) is 2.99. The summed E-state index contributed by atoms with van der Waals surface area (Å²) < 4.78 is 10.5. The summed E-state index contributed by atoms with van der Waals surface area (Å²) in [5.74, 6) is -0.467. The van der Waals surface area contributed by atoms with Crippen molar-refractivity contribution in [2.45, 2.75) is 13.3 Å². The monoisotopic (exact) mass is 327 g/mol. The molecule has 124 valence electrons. The standard InChI is InChI=1S/C17H17N3O4/c1-12-15(19-16(24-12)13-7-4-3-5-8-13)17(22)23-11-14(21)20(2)10-6-9-18/h3-5,7-8H,6,10-11H2,1-2H3. The Balaban J connectivity index is 1.99. The minimum Gasteiger partial charge on any atom is -0.451 e. The Morgan fingerprint density at radius 3 is 2.71 bits per heavy atom. The van der Waals surface area contributed by atoms with Gasteiger partial charge in [0.2, 0.25) is 5.89 Å². The predicted octanol–water partition coefficient (Wildman–Crippen LogP) is 2.18. The molecule has 1 aromatic carbocycles. The molecule has 0 saturated carbocycles. The molecule has 0 N–H and O–H groups in total. The van der Waals surface area contributed by atoms with E-state index in [1.807, 2.05) is 36.4 Å². The Labute approximate surface area is 139 Å². The number of amides is 1. The van der Waals surface area contributed by atoms with Crippen molar-refractivity contribution >= 4 is 11.9 Å². The van der Waals surface area contributed by atoms with Crippen LogP contribution in [0.5, 0.6) is 0 Å². The minimum absolute atomic E-state index is 0.0429. The SMILES string of the molecule is Cc1oc(-c2ccccc2)nc1C(=O)OCC(=O)N(C)CCC#N. The van der Waals surface area contributed by atoms with E-state index in [4.69, 9.17) is 14.4 Å². The van der Waals surface area contributed by atoms with Crippen molar-refractivity contribution in [3.05, 3.63) is 41.8 Å². The molecule has 2 rings (SSSR count). The van der Waals surface area contributed by atoms with Gasteiger partial charge in [0.05, 0.1) is 12.5 Å². The van der Waals surface area contributed by atoms with Gasteiger partial charge in [-0.1, -0.05) is 18.2 Å². The fraction of sp³-hybridized carbons (Fsp3) is 0.294. The highest BCUT2D eigenvalue weighted by Crippen LogP contribution is 2.21. The van der Waals surface area contributed by atoms with E-state index in [0.717, 1.165) is 5.56 Å². The Hall–Kier alpha value is -3.14.